The molecule has 0 fully saturated rings. The third kappa shape index (κ3) is 2.38. The average Bonchev–Trinajstić information content (AvgIpc) is 3.05. The van der Waals surface area contributed by atoms with Crippen molar-refractivity contribution >= 4 is 12.2 Å². The van der Waals surface area contributed by atoms with Crippen LogP contribution in [-0.4, -0.2) is 0 Å². The number of rotatable bonds is 2. The molecular formula is C18H15ClHf. The van der Waals surface area contributed by atoms with Crippen molar-refractivity contribution in [3.63, 3.8) is 0 Å². The van der Waals surface area contributed by atoms with Crippen molar-refractivity contribution in [2.24, 2.45) is 0 Å². The third-order valence-electron chi connectivity index (χ3n) is 3.96. The summed E-state index contributed by atoms with van der Waals surface area (Å²) in [6.45, 7) is 0. The van der Waals surface area contributed by atoms with Gasteiger partial charge in [-0.1, -0.05) is 0 Å². The Balaban J connectivity index is 0.000000807. The Labute approximate surface area is 138 Å². The van der Waals surface area contributed by atoms with E-state index >= 15 is 0 Å². The van der Waals surface area contributed by atoms with E-state index in [0.29, 0.717) is 0 Å². The van der Waals surface area contributed by atoms with Crippen molar-refractivity contribution in [2.75, 3.05) is 0 Å². The predicted molar refractivity (Wildman–Crippen MR) is 77.5 cm³/mol. The van der Waals surface area contributed by atoms with Gasteiger partial charge in [0.2, 0.25) is 0 Å². The average molecular weight is 445 g/mol. The molecule has 2 aliphatic carbocycles. The number of halogens is 1. The van der Waals surface area contributed by atoms with Gasteiger partial charge in [0.1, 0.15) is 0 Å². The molecule has 2 unspecified atom stereocenters. The number of allylic oxidation sites excluding steroid dienone is 2. The van der Waals surface area contributed by atoms with Gasteiger partial charge in [-0.25, -0.2) is 0 Å². The first-order valence-corrected chi connectivity index (χ1v) is 10.9. The number of hydrogen-bond acceptors (Lipinski definition) is 0. The summed E-state index contributed by atoms with van der Waals surface area (Å²) in [5.74, 6) is 0. The Morgan fingerprint density at radius 1 is 0.700 bits per heavy atom. The number of fused-ring (bicyclic) bond motifs is 2. The molecule has 0 heterocycles. The molecule has 98 valence electrons. The molecule has 0 amide bonds. The number of hydrogen-bond donors (Lipinski definition) is 0. The van der Waals surface area contributed by atoms with Gasteiger partial charge in [-0.15, -0.1) is 0 Å². The fourth-order valence-corrected chi connectivity index (χ4v) is 9.04. The first-order chi connectivity index (χ1) is 9.42. The molecule has 2 atom stereocenters. The van der Waals surface area contributed by atoms with Gasteiger partial charge in [0.25, 0.3) is 0 Å². The van der Waals surface area contributed by atoms with Crippen molar-refractivity contribution < 1.29 is 36.7 Å². The minimum atomic E-state index is -0.790. The van der Waals surface area contributed by atoms with Gasteiger partial charge >= 0.3 is 125 Å². The number of benzene rings is 2. The topological polar surface area (TPSA) is 0 Å². The summed E-state index contributed by atoms with van der Waals surface area (Å²) >= 11 is -0.790. The van der Waals surface area contributed by atoms with E-state index in [-0.39, 0.29) is 13.8 Å². The van der Waals surface area contributed by atoms with E-state index in [1.807, 2.05) is 0 Å². The van der Waals surface area contributed by atoms with Crippen LogP contribution in [0.3, 0.4) is 0 Å². The molecule has 0 radical (unpaired) electrons. The van der Waals surface area contributed by atoms with Gasteiger partial charge in [0.05, 0.1) is 0 Å². The summed E-state index contributed by atoms with van der Waals surface area (Å²) in [6.07, 6.45) is 9.53. The fraction of sp³-hybridized carbons (Fsp3) is 0.111. The van der Waals surface area contributed by atoms with Crippen LogP contribution in [0.5, 0.6) is 0 Å². The maximum atomic E-state index is 2.45. The molecule has 4 rings (SSSR count). The molecule has 2 aliphatic rings. The second-order valence-corrected chi connectivity index (χ2v) is 10.8. The Kier molecular flexibility index (Phi) is 4.09. The van der Waals surface area contributed by atoms with Gasteiger partial charge < -0.3 is 13.8 Å². The largest absolute Gasteiger partial charge is 1.00 e. The van der Waals surface area contributed by atoms with Crippen LogP contribution in [0.15, 0.2) is 60.7 Å². The van der Waals surface area contributed by atoms with Crippen molar-refractivity contribution in [3.8, 4) is 0 Å². The van der Waals surface area contributed by atoms with Gasteiger partial charge in [-0.05, 0) is 0 Å². The van der Waals surface area contributed by atoms with Crippen LogP contribution in [-0.2, 0) is 22.9 Å². The van der Waals surface area contributed by atoms with E-state index in [2.05, 4.69) is 72.8 Å². The van der Waals surface area contributed by atoms with Gasteiger partial charge in [0.15, 0.2) is 0 Å². The van der Waals surface area contributed by atoms with Crippen LogP contribution in [0.4, 0.5) is 0 Å². The molecule has 0 nitrogen and oxygen atoms in total. The molecule has 0 saturated carbocycles. The molecule has 0 spiro atoms. The summed E-state index contributed by atoms with van der Waals surface area (Å²) in [4.78, 5) is 0. The zero-order valence-corrected chi connectivity index (χ0v) is 15.3. The SMILES string of the molecule is C1=C[CH]([Hf+2][CH]2C=Cc3ccccc32)c2ccccc21.[Cl-].[H-]. The first kappa shape index (κ1) is 14.0. The van der Waals surface area contributed by atoms with Crippen LogP contribution in [0, 0.1) is 0 Å². The van der Waals surface area contributed by atoms with E-state index in [9.17, 15) is 0 Å². The zero-order valence-electron chi connectivity index (χ0n) is 12.0. The van der Waals surface area contributed by atoms with E-state index in [1.54, 1.807) is 11.1 Å². The van der Waals surface area contributed by atoms with Crippen molar-refractivity contribution in [1.82, 2.24) is 0 Å². The van der Waals surface area contributed by atoms with Crippen LogP contribution >= 0.6 is 0 Å². The summed E-state index contributed by atoms with van der Waals surface area (Å²) in [5, 5.41) is 0. The summed E-state index contributed by atoms with van der Waals surface area (Å²) in [7, 11) is 0. The summed E-state index contributed by atoms with van der Waals surface area (Å²) < 4.78 is 1.52. The van der Waals surface area contributed by atoms with Gasteiger partial charge in [-0.2, -0.15) is 0 Å². The Morgan fingerprint density at radius 2 is 1.15 bits per heavy atom. The third-order valence-corrected chi connectivity index (χ3v) is 10.2. The molecule has 0 bridgehead atoms. The standard InChI is InChI=1S/2C9H7.ClH.Hf.H/c2*1-2-5-9-7-3-6-8(9)4-1;;;/h2*1-7H;1H;;/q;;;+2;-1/p-1. The predicted octanol–water partition coefficient (Wildman–Crippen LogP) is 1.72. The maximum Gasteiger partial charge on any atom is -1.00 e. The molecule has 0 aliphatic heterocycles. The molecule has 0 aromatic heterocycles. The Bertz CT molecular complexity index is 634. The van der Waals surface area contributed by atoms with E-state index < -0.39 is 22.9 Å². The minimum Gasteiger partial charge on any atom is -1.00 e. The molecule has 0 saturated heterocycles. The molecular weight excluding hydrogens is 430 g/mol. The normalized spacial score (nSPS) is 21.0. The maximum absolute atomic E-state index is 2.45. The molecule has 2 aromatic carbocycles. The monoisotopic (exact) mass is 446 g/mol. The van der Waals surface area contributed by atoms with E-state index in [0.717, 1.165) is 7.35 Å². The second-order valence-electron chi connectivity index (χ2n) is 5.10. The van der Waals surface area contributed by atoms with Crippen molar-refractivity contribution in [3.05, 3.63) is 82.9 Å². The Morgan fingerprint density at radius 3 is 1.65 bits per heavy atom. The van der Waals surface area contributed by atoms with Crippen LogP contribution in [0.1, 0.15) is 31.0 Å². The molecule has 2 aromatic rings. The van der Waals surface area contributed by atoms with Crippen molar-refractivity contribution in [1.29, 1.82) is 0 Å². The smallest absolute Gasteiger partial charge is 1.00 e. The summed E-state index contributed by atoms with van der Waals surface area (Å²) in [6, 6.07) is 17.8. The second kappa shape index (κ2) is 5.83. The Hall–Kier alpha value is -0.920. The molecule has 2 heteroatoms. The zero-order chi connectivity index (χ0) is 12.7. The van der Waals surface area contributed by atoms with E-state index in [4.69, 9.17) is 0 Å². The van der Waals surface area contributed by atoms with E-state index in [1.165, 1.54) is 11.1 Å². The fourth-order valence-electron chi connectivity index (χ4n) is 2.98. The first-order valence-electron chi connectivity index (χ1n) is 6.72. The van der Waals surface area contributed by atoms with Crippen LogP contribution in [0.2, 0.25) is 0 Å². The minimum absolute atomic E-state index is 0. The summed E-state index contributed by atoms with van der Waals surface area (Å²) in [5.41, 5.74) is 6.03. The van der Waals surface area contributed by atoms with Crippen LogP contribution in [0.25, 0.3) is 12.2 Å². The van der Waals surface area contributed by atoms with Crippen molar-refractivity contribution in [2.45, 2.75) is 7.35 Å². The van der Waals surface area contributed by atoms with Gasteiger partial charge in [0, 0.05) is 0 Å². The molecule has 20 heavy (non-hydrogen) atoms. The van der Waals surface area contributed by atoms with Crippen LogP contribution < -0.4 is 12.4 Å². The molecule has 0 N–H and O–H groups in total. The van der Waals surface area contributed by atoms with Gasteiger partial charge in [-0.3, -0.25) is 0 Å². The quantitative estimate of drug-likeness (QED) is 0.618.